The number of hydrogen-bond donors (Lipinski definition) is 0. The second kappa shape index (κ2) is 8.54. The van der Waals surface area contributed by atoms with E-state index in [0.29, 0.717) is 17.5 Å². The van der Waals surface area contributed by atoms with E-state index in [2.05, 4.69) is 37.5 Å². The molecule has 1 aliphatic carbocycles. The number of aromatic nitrogens is 5. The van der Waals surface area contributed by atoms with E-state index in [1.807, 2.05) is 35.9 Å². The molecule has 4 rings (SSSR count). The molecule has 0 atom stereocenters. The van der Waals surface area contributed by atoms with Crippen molar-refractivity contribution < 1.29 is 4.84 Å². The van der Waals surface area contributed by atoms with Gasteiger partial charge < -0.3 is 4.84 Å². The van der Waals surface area contributed by atoms with Crippen LogP contribution in [0.3, 0.4) is 0 Å². The summed E-state index contributed by atoms with van der Waals surface area (Å²) in [5, 5.41) is 18.8. The number of oxime groups is 1. The first-order valence-electron chi connectivity index (χ1n) is 8.76. The molecule has 0 saturated heterocycles. The number of nitrogens with zero attached hydrogens (tertiary/aromatic N) is 6. The van der Waals surface area contributed by atoms with Crippen LogP contribution in [0.4, 0.5) is 0 Å². The Bertz CT molecular complexity index is 1060. The molecule has 2 heterocycles. The highest BCUT2D eigenvalue weighted by Crippen LogP contribution is 2.27. The van der Waals surface area contributed by atoms with Crippen molar-refractivity contribution in [1.29, 1.82) is 0 Å². The Morgan fingerprint density at radius 2 is 2.32 bits per heavy atom. The Labute approximate surface area is 171 Å². The minimum atomic E-state index is 0.263. The van der Waals surface area contributed by atoms with Crippen molar-refractivity contribution in [2.24, 2.45) is 18.1 Å². The molecule has 0 bridgehead atoms. The molecule has 0 amide bonds. The quantitative estimate of drug-likeness (QED) is 0.269. The number of benzene rings is 1. The molecular formula is C19H18N6OS2. The fourth-order valence-electron chi connectivity index (χ4n) is 2.41. The van der Waals surface area contributed by atoms with Crippen molar-refractivity contribution in [2.75, 3.05) is 6.26 Å². The molecule has 1 saturated carbocycles. The summed E-state index contributed by atoms with van der Waals surface area (Å²) < 4.78 is 1.57. The first-order valence-corrected chi connectivity index (χ1v) is 10.9. The Balaban J connectivity index is 1.52. The van der Waals surface area contributed by atoms with Crippen molar-refractivity contribution in [3.05, 3.63) is 51.7 Å². The Kier molecular flexibility index (Phi) is 5.69. The summed E-state index contributed by atoms with van der Waals surface area (Å²) in [7, 11) is 1.77. The van der Waals surface area contributed by atoms with Crippen LogP contribution in [0.25, 0.3) is 0 Å². The second-order valence-electron chi connectivity index (χ2n) is 6.26. The highest BCUT2D eigenvalue weighted by atomic mass is 32.2. The van der Waals surface area contributed by atoms with Crippen molar-refractivity contribution in [1.82, 2.24) is 25.2 Å². The van der Waals surface area contributed by atoms with Gasteiger partial charge in [-0.15, -0.1) is 28.2 Å². The average Bonchev–Trinajstić information content (AvgIpc) is 3.29. The van der Waals surface area contributed by atoms with Crippen LogP contribution in [0.5, 0.6) is 0 Å². The minimum absolute atomic E-state index is 0.263. The van der Waals surface area contributed by atoms with Gasteiger partial charge in [-0.3, -0.25) is 0 Å². The third kappa shape index (κ3) is 4.58. The molecule has 7 nitrogen and oxygen atoms in total. The maximum absolute atomic E-state index is 5.61. The fraction of sp³-hybridized carbons (Fsp3) is 0.316. The van der Waals surface area contributed by atoms with Gasteiger partial charge in [-0.1, -0.05) is 23.2 Å². The lowest BCUT2D eigenvalue weighted by Gasteiger charge is -2.06. The first-order chi connectivity index (χ1) is 13.7. The van der Waals surface area contributed by atoms with Crippen LogP contribution in [-0.4, -0.2) is 37.2 Å². The van der Waals surface area contributed by atoms with Gasteiger partial charge in [-0.05, 0) is 47.6 Å². The van der Waals surface area contributed by atoms with Crippen molar-refractivity contribution in [2.45, 2.75) is 24.3 Å². The van der Waals surface area contributed by atoms with E-state index in [9.17, 15) is 0 Å². The fourth-order valence-corrected chi connectivity index (χ4v) is 3.52. The van der Waals surface area contributed by atoms with Gasteiger partial charge in [0, 0.05) is 28.8 Å². The zero-order valence-electron chi connectivity index (χ0n) is 15.5. The largest absolute Gasteiger partial charge is 0.389 e. The standard InChI is InChI=1S/C19H18N6OS2/c1-25-19(21-23-24-25)18(14-4-3-5-16(10-14)27-2)22-26-11-15-12-28-17(20-15)9-8-13-6-7-13/h3-5,10,12-13H,6-7,11H2,1-2H3/b22-18-. The molecule has 0 spiro atoms. The van der Waals surface area contributed by atoms with Gasteiger partial charge in [0.15, 0.2) is 17.3 Å². The molecular weight excluding hydrogens is 392 g/mol. The van der Waals surface area contributed by atoms with E-state index in [0.717, 1.165) is 21.2 Å². The van der Waals surface area contributed by atoms with Crippen LogP contribution in [0, 0.1) is 17.8 Å². The smallest absolute Gasteiger partial charge is 0.204 e. The zero-order chi connectivity index (χ0) is 19.3. The zero-order valence-corrected chi connectivity index (χ0v) is 17.1. The summed E-state index contributed by atoms with van der Waals surface area (Å²) in [4.78, 5) is 11.2. The molecule has 142 valence electrons. The molecule has 0 N–H and O–H groups in total. The number of thiazole rings is 1. The predicted molar refractivity (Wildman–Crippen MR) is 109 cm³/mol. The van der Waals surface area contributed by atoms with E-state index in [1.165, 1.54) is 24.2 Å². The minimum Gasteiger partial charge on any atom is -0.389 e. The van der Waals surface area contributed by atoms with Crippen molar-refractivity contribution in [3.63, 3.8) is 0 Å². The monoisotopic (exact) mass is 410 g/mol. The van der Waals surface area contributed by atoms with E-state index in [-0.39, 0.29) is 6.61 Å². The molecule has 1 fully saturated rings. The van der Waals surface area contributed by atoms with Crippen LogP contribution in [-0.2, 0) is 18.5 Å². The van der Waals surface area contributed by atoms with E-state index >= 15 is 0 Å². The number of aryl methyl sites for hydroxylation is 1. The summed E-state index contributed by atoms with van der Waals surface area (Å²) in [6, 6.07) is 8.02. The topological polar surface area (TPSA) is 78.1 Å². The van der Waals surface area contributed by atoms with Crippen molar-refractivity contribution >= 4 is 28.8 Å². The van der Waals surface area contributed by atoms with E-state index in [1.54, 1.807) is 23.5 Å². The lowest BCUT2D eigenvalue weighted by atomic mass is 10.1. The molecule has 2 aromatic heterocycles. The molecule has 0 radical (unpaired) electrons. The second-order valence-corrected chi connectivity index (χ2v) is 8.00. The van der Waals surface area contributed by atoms with Gasteiger partial charge in [-0.2, -0.15) is 0 Å². The SMILES string of the molecule is CSc1cccc(/C(=N/OCc2csc(C#CC3CC3)n2)c2nnnn2C)c1. The highest BCUT2D eigenvalue weighted by molar-refractivity contribution is 7.98. The average molecular weight is 411 g/mol. The Morgan fingerprint density at radius 1 is 1.43 bits per heavy atom. The number of tetrazole rings is 1. The van der Waals surface area contributed by atoms with Gasteiger partial charge in [0.1, 0.15) is 0 Å². The summed E-state index contributed by atoms with van der Waals surface area (Å²) in [5.41, 5.74) is 2.27. The predicted octanol–water partition coefficient (Wildman–Crippen LogP) is 3.12. The highest BCUT2D eigenvalue weighted by Gasteiger charge is 2.18. The summed E-state index contributed by atoms with van der Waals surface area (Å²) in [6.07, 6.45) is 4.45. The third-order valence-electron chi connectivity index (χ3n) is 4.06. The van der Waals surface area contributed by atoms with Gasteiger partial charge in [0.05, 0.1) is 5.69 Å². The molecule has 0 aliphatic heterocycles. The van der Waals surface area contributed by atoms with Crippen molar-refractivity contribution in [3.8, 4) is 11.8 Å². The van der Waals surface area contributed by atoms with Crippen LogP contribution in [0.2, 0.25) is 0 Å². The normalized spacial score (nSPS) is 13.9. The molecule has 0 unspecified atom stereocenters. The lowest BCUT2D eigenvalue weighted by molar-refractivity contribution is 0.128. The van der Waals surface area contributed by atoms with Gasteiger partial charge >= 0.3 is 0 Å². The summed E-state index contributed by atoms with van der Waals surface area (Å²) in [6.45, 7) is 0.263. The maximum atomic E-state index is 5.61. The Morgan fingerprint density at radius 3 is 3.07 bits per heavy atom. The lowest BCUT2D eigenvalue weighted by Crippen LogP contribution is -2.12. The van der Waals surface area contributed by atoms with E-state index < -0.39 is 0 Å². The van der Waals surface area contributed by atoms with Crippen LogP contribution >= 0.6 is 23.1 Å². The maximum Gasteiger partial charge on any atom is 0.204 e. The molecule has 1 aromatic carbocycles. The molecule has 9 heteroatoms. The molecule has 3 aromatic rings. The van der Waals surface area contributed by atoms with Crippen LogP contribution < -0.4 is 0 Å². The molecule has 1 aliphatic rings. The number of thioether (sulfide) groups is 1. The van der Waals surface area contributed by atoms with Gasteiger partial charge in [0.2, 0.25) is 5.82 Å². The molecule has 28 heavy (non-hydrogen) atoms. The number of hydrogen-bond acceptors (Lipinski definition) is 8. The first kappa shape index (κ1) is 18.7. The summed E-state index contributed by atoms with van der Waals surface area (Å²) >= 11 is 3.19. The van der Waals surface area contributed by atoms with Crippen LogP contribution in [0.15, 0.2) is 39.7 Å². The van der Waals surface area contributed by atoms with E-state index in [4.69, 9.17) is 4.84 Å². The van der Waals surface area contributed by atoms with Gasteiger partial charge in [0.25, 0.3) is 0 Å². The van der Waals surface area contributed by atoms with Gasteiger partial charge in [-0.25, -0.2) is 9.67 Å². The Hall–Kier alpha value is -2.70. The third-order valence-corrected chi connectivity index (χ3v) is 5.59. The number of rotatable bonds is 6. The van der Waals surface area contributed by atoms with Crippen LogP contribution in [0.1, 0.15) is 34.9 Å². The summed E-state index contributed by atoms with van der Waals surface area (Å²) in [5.74, 6) is 7.45.